The van der Waals surface area contributed by atoms with Crippen LogP contribution < -0.4 is 10.1 Å². The number of imidazole rings is 1. The number of ether oxygens (including phenoxy) is 1. The molecule has 0 aliphatic rings. The van der Waals surface area contributed by atoms with Gasteiger partial charge in [0.1, 0.15) is 17.1 Å². The Labute approximate surface area is 138 Å². The Bertz CT molecular complexity index is 902. The second-order valence-electron chi connectivity index (χ2n) is 5.23. The molecule has 0 fully saturated rings. The minimum Gasteiger partial charge on any atom is -0.495 e. The third-order valence-corrected chi connectivity index (χ3v) is 4.06. The molecule has 1 amide bonds. The Hall–Kier alpha value is -2.53. The highest BCUT2D eigenvalue weighted by atomic mass is 35.5. The molecule has 0 saturated carbocycles. The number of rotatable bonds is 3. The maximum absolute atomic E-state index is 12.7. The number of fused-ring (bicyclic) bond motifs is 1. The van der Waals surface area contributed by atoms with Gasteiger partial charge in [-0.25, -0.2) is 4.98 Å². The van der Waals surface area contributed by atoms with E-state index in [-0.39, 0.29) is 5.91 Å². The number of hydrogen-bond acceptors (Lipinski definition) is 3. The fourth-order valence-corrected chi connectivity index (χ4v) is 2.65. The van der Waals surface area contributed by atoms with Gasteiger partial charge in [0.25, 0.3) is 5.91 Å². The summed E-state index contributed by atoms with van der Waals surface area (Å²) >= 11 is 6.10. The third-order valence-electron chi connectivity index (χ3n) is 3.65. The highest BCUT2D eigenvalue weighted by molar-refractivity contribution is 6.31. The number of halogens is 1. The van der Waals surface area contributed by atoms with Gasteiger partial charge in [0.05, 0.1) is 18.5 Å². The first-order chi connectivity index (χ1) is 11.0. The van der Waals surface area contributed by atoms with E-state index in [1.54, 1.807) is 16.5 Å². The molecule has 0 saturated heterocycles. The van der Waals surface area contributed by atoms with Crippen molar-refractivity contribution in [3.05, 3.63) is 58.5 Å². The summed E-state index contributed by atoms with van der Waals surface area (Å²) < 4.78 is 7.06. The van der Waals surface area contributed by atoms with Crippen LogP contribution >= 0.6 is 11.6 Å². The van der Waals surface area contributed by atoms with Crippen LogP contribution in [0.2, 0.25) is 5.02 Å². The molecule has 118 valence electrons. The first-order valence-corrected chi connectivity index (χ1v) is 7.48. The molecule has 0 aliphatic carbocycles. The summed E-state index contributed by atoms with van der Waals surface area (Å²) in [6, 6.07) is 9.08. The molecular weight excluding hydrogens is 314 g/mol. The van der Waals surface area contributed by atoms with Crippen molar-refractivity contribution in [1.29, 1.82) is 0 Å². The molecule has 1 N–H and O–H groups in total. The molecule has 0 bridgehead atoms. The van der Waals surface area contributed by atoms with Crippen LogP contribution in [0, 0.1) is 13.8 Å². The molecule has 6 heteroatoms. The van der Waals surface area contributed by atoms with Gasteiger partial charge in [-0.15, -0.1) is 0 Å². The van der Waals surface area contributed by atoms with E-state index in [0.29, 0.717) is 27.8 Å². The fourth-order valence-electron chi connectivity index (χ4n) is 2.50. The molecular formula is C17H16ClN3O2. The van der Waals surface area contributed by atoms with E-state index in [9.17, 15) is 4.79 Å². The number of carbonyl (C=O) groups is 1. The molecule has 1 aromatic carbocycles. The standard InChI is InChI=1S/C17H16ClN3O2/c1-10-8-13(14(23-3)9-12(10)18)20-17(22)16-11(2)19-15-6-4-5-7-21(15)16/h4-9H,1-3H3,(H,20,22). The monoisotopic (exact) mass is 329 g/mol. The molecule has 2 aromatic heterocycles. The summed E-state index contributed by atoms with van der Waals surface area (Å²) in [6.45, 7) is 3.68. The predicted molar refractivity (Wildman–Crippen MR) is 90.6 cm³/mol. The van der Waals surface area contributed by atoms with Crippen molar-refractivity contribution < 1.29 is 9.53 Å². The average molecular weight is 330 g/mol. The number of anilines is 1. The SMILES string of the molecule is COc1cc(Cl)c(C)cc1NC(=O)c1c(C)nc2ccccn12. The maximum atomic E-state index is 12.7. The molecule has 23 heavy (non-hydrogen) atoms. The Morgan fingerprint density at radius 3 is 2.83 bits per heavy atom. The Balaban J connectivity index is 2.02. The van der Waals surface area contributed by atoms with E-state index in [1.165, 1.54) is 7.11 Å². The van der Waals surface area contributed by atoms with Crippen molar-refractivity contribution in [2.45, 2.75) is 13.8 Å². The van der Waals surface area contributed by atoms with E-state index in [2.05, 4.69) is 10.3 Å². The van der Waals surface area contributed by atoms with E-state index >= 15 is 0 Å². The number of carbonyl (C=O) groups excluding carboxylic acids is 1. The second-order valence-corrected chi connectivity index (χ2v) is 5.64. The van der Waals surface area contributed by atoms with Gasteiger partial charge >= 0.3 is 0 Å². The summed E-state index contributed by atoms with van der Waals surface area (Å²) in [6.07, 6.45) is 1.81. The summed E-state index contributed by atoms with van der Waals surface area (Å²) in [7, 11) is 1.54. The van der Waals surface area contributed by atoms with Gasteiger partial charge in [-0.1, -0.05) is 17.7 Å². The van der Waals surface area contributed by atoms with Crippen LogP contribution in [0.15, 0.2) is 36.5 Å². The first-order valence-electron chi connectivity index (χ1n) is 7.10. The van der Waals surface area contributed by atoms with Crippen LogP contribution in [0.1, 0.15) is 21.7 Å². The molecule has 5 nitrogen and oxygen atoms in total. The zero-order chi connectivity index (χ0) is 16.6. The Kier molecular flexibility index (Phi) is 3.96. The van der Waals surface area contributed by atoms with Crippen LogP contribution in [0.5, 0.6) is 5.75 Å². The van der Waals surface area contributed by atoms with E-state index in [0.717, 1.165) is 11.2 Å². The second kappa shape index (κ2) is 5.93. The van der Waals surface area contributed by atoms with E-state index in [4.69, 9.17) is 16.3 Å². The number of methoxy groups -OCH3 is 1. The largest absolute Gasteiger partial charge is 0.495 e. The minimum atomic E-state index is -0.249. The number of aryl methyl sites for hydroxylation is 2. The van der Waals surface area contributed by atoms with Crippen LogP contribution in [-0.2, 0) is 0 Å². The van der Waals surface area contributed by atoms with Gasteiger partial charge in [0.2, 0.25) is 0 Å². The predicted octanol–water partition coefficient (Wildman–Crippen LogP) is 3.87. The quantitative estimate of drug-likeness (QED) is 0.793. The lowest BCUT2D eigenvalue weighted by Crippen LogP contribution is -2.16. The van der Waals surface area contributed by atoms with E-state index in [1.807, 2.05) is 38.2 Å². The number of hydrogen-bond donors (Lipinski definition) is 1. The lowest BCUT2D eigenvalue weighted by Gasteiger charge is -2.12. The van der Waals surface area contributed by atoms with Crippen molar-refractivity contribution in [3.8, 4) is 5.75 Å². The van der Waals surface area contributed by atoms with Gasteiger partial charge < -0.3 is 10.1 Å². The zero-order valence-electron chi connectivity index (χ0n) is 13.1. The van der Waals surface area contributed by atoms with Crippen molar-refractivity contribution in [2.75, 3.05) is 12.4 Å². The number of aromatic nitrogens is 2. The molecule has 3 rings (SSSR count). The van der Waals surface area contributed by atoms with Gasteiger partial charge in [0.15, 0.2) is 0 Å². The minimum absolute atomic E-state index is 0.249. The van der Waals surface area contributed by atoms with Crippen LogP contribution in [-0.4, -0.2) is 22.4 Å². The molecule has 0 spiro atoms. The normalized spacial score (nSPS) is 10.8. The fraction of sp³-hybridized carbons (Fsp3) is 0.176. The van der Waals surface area contributed by atoms with Crippen molar-refractivity contribution >= 4 is 28.8 Å². The van der Waals surface area contributed by atoms with Crippen molar-refractivity contribution in [3.63, 3.8) is 0 Å². The van der Waals surface area contributed by atoms with Gasteiger partial charge in [-0.05, 0) is 37.6 Å². The van der Waals surface area contributed by atoms with Crippen LogP contribution in [0.4, 0.5) is 5.69 Å². The van der Waals surface area contributed by atoms with Gasteiger partial charge in [-0.2, -0.15) is 0 Å². The van der Waals surface area contributed by atoms with Crippen LogP contribution in [0.25, 0.3) is 5.65 Å². The number of benzene rings is 1. The summed E-state index contributed by atoms with van der Waals surface area (Å²) in [5.74, 6) is 0.265. The molecule has 0 atom stereocenters. The maximum Gasteiger partial charge on any atom is 0.274 e. The zero-order valence-corrected chi connectivity index (χ0v) is 13.8. The summed E-state index contributed by atoms with van der Waals surface area (Å²) in [5.41, 5.74) is 3.32. The molecule has 2 heterocycles. The number of pyridine rings is 1. The van der Waals surface area contributed by atoms with E-state index < -0.39 is 0 Å². The van der Waals surface area contributed by atoms with Gasteiger partial charge in [0, 0.05) is 17.3 Å². The highest BCUT2D eigenvalue weighted by Crippen LogP contribution is 2.31. The average Bonchev–Trinajstić information content (AvgIpc) is 2.86. The molecule has 3 aromatic rings. The molecule has 0 radical (unpaired) electrons. The van der Waals surface area contributed by atoms with Crippen LogP contribution in [0.3, 0.4) is 0 Å². The number of nitrogens with one attached hydrogen (secondary N) is 1. The third kappa shape index (κ3) is 2.75. The molecule has 0 unspecified atom stereocenters. The lowest BCUT2D eigenvalue weighted by atomic mass is 10.2. The Morgan fingerprint density at radius 1 is 1.30 bits per heavy atom. The first kappa shape index (κ1) is 15.4. The van der Waals surface area contributed by atoms with Crippen molar-refractivity contribution in [1.82, 2.24) is 9.38 Å². The number of amides is 1. The topological polar surface area (TPSA) is 55.6 Å². The highest BCUT2D eigenvalue weighted by Gasteiger charge is 2.18. The summed E-state index contributed by atoms with van der Waals surface area (Å²) in [4.78, 5) is 17.1. The van der Waals surface area contributed by atoms with Crippen molar-refractivity contribution in [2.24, 2.45) is 0 Å². The van der Waals surface area contributed by atoms with Gasteiger partial charge in [-0.3, -0.25) is 9.20 Å². The molecule has 0 aliphatic heterocycles. The smallest absolute Gasteiger partial charge is 0.274 e. The lowest BCUT2D eigenvalue weighted by molar-refractivity contribution is 0.102. The summed E-state index contributed by atoms with van der Waals surface area (Å²) in [5, 5.41) is 3.47. The number of nitrogens with zero attached hydrogens (tertiary/aromatic N) is 2. The Morgan fingerprint density at radius 2 is 2.09 bits per heavy atom.